The molecule has 2 heteroatoms. The van der Waals surface area contributed by atoms with E-state index >= 15 is 0 Å². The lowest BCUT2D eigenvalue weighted by atomic mass is 9.74. The first-order valence-corrected chi connectivity index (χ1v) is 9.28. The van der Waals surface area contributed by atoms with Crippen molar-refractivity contribution in [1.82, 2.24) is 4.90 Å². The molecule has 1 saturated carbocycles. The van der Waals surface area contributed by atoms with E-state index in [2.05, 4.69) is 39.6 Å². The van der Waals surface area contributed by atoms with Crippen LogP contribution in [0.4, 0.5) is 0 Å². The van der Waals surface area contributed by atoms with Gasteiger partial charge in [0.25, 0.3) is 0 Å². The maximum absolute atomic E-state index is 6.17. The van der Waals surface area contributed by atoms with E-state index in [1.54, 1.807) is 0 Å². The molecule has 0 bridgehead atoms. The van der Waals surface area contributed by atoms with Crippen molar-refractivity contribution in [3.8, 4) is 0 Å². The molecule has 0 aliphatic heterocycles. The molecule has 2 N–H and O–H groups in total. The molecule has 0 heterocycles. The molecule has 126 valence electrons. The number of likely N-dealkylation sites (N-methyl/N-ethyl adjacent to an activating group) is 1. The van der Waals surface area contributed by atoms with E-state index in [0.717, 1.165) is 12.6 Å². The highest BCUT2D eigenvalue weighted by Gasteiger charge is 2.36. The lowest BCUT2D eigenvalue weighted by Crippen LogP contribution is -2.55. The molecule has 0 amide bonds. The number of nitrogens with zero attached hydrogens (tertiary/aromatic N) is 1. The third-order valence-electron chi connectivity index (χ3n) is 5.97. The van der Waals surface area contributed by atoms with Crippen molar-refractivity contribution in [2.75, 3.05) is 13.6 Å². The normalized spacial score (nSPS) is 22.4. The summed E-state index contributed by atoms with van der Waals surface area (Å²) in [4.78, 5) is 2.63. The second-order valence-corrected chi connectivity index (χ2v) is 8.37. The lowest BCUT2D eigenvalue weighted by molar-refractivity contribution is 0.0399. The van der Waals surface area contributed by atoms with Crippen LogP contribution < -0.4 is 5.73 Å². The number of hydrogen-bond acceptors (Lipinski definition) is 2. The predicted molar refractivity (Wildman–Crippen MR) is 94.6 cm³/mol. The van der Waals surface area contributed by atoms with E-state index in [0.29, 0.717) is 5.41 Å². The first-order chi connectivity index (χ1) is 9.84. The van der Waals surface area contributed by atoms with Gasteiger partial charge in [-0.2, -0.15) is 0 Å². The van der Waals surface area contributed by atoms with Gasteiger partial charge in [0.2, 0.25) is 0 Å². The van der Waals surface area contributed by atoms with Gasteiger partial charge in [-0.3, -0.25) is 4.90 Å². The summed E-state index contributed by atoms with van der Waals surface area (Å²) in [5, 5.41) is 0. The van der Waals surface area contributed by atoms with Crippen molar-refractivity contribution in [3.05, 3.63) is 0 Å². The summed E-state index contributed by atoms with van der Waals surface area (Å²) < 4.78 is 0. The number of nitrogens with two attached hydrogens (primary N) is 1. The molecule has 1 rings (SSSR count). The Morgan fingerprint density at radius 3 is 2.19 bits per heavy atom. The Kier molecular flexibility index (Phi) is 7.70. The van der Waals surface area contributed by atoms with Crippen molar-refractivity contribution in [3.63, 3.8) is 0 Å². The Bertz CT molecular complexity index is 277. The van der Waals surface area contributed by atoms with Crippen LogP contribution in [-0.2, 0) is 0 Å². The van der Waals surface area contributed by atoms with Crippen LogP contribution in [0, 0.1) is 5.41 Å². The summed E-state index contributed by atoms with van der Waals surface area (Å²) >= 11 is 0. The Balaban J connectivity index is 2.45. The minimum Gasteiger partial charge on any atom is -0.329 e. The van der Waals surface area contributed by atoms with Crippen LogP contribution in [0.2, 0.25) is 0 Å². The molecule has 1 aliphatic rings. The van der Waals surface area contributed by atoms with Crippen molar-refractivity contribution in [2.45, 2.75) is 103 Å². The van der Waals surface area contributed by atoms with E-state index < -0.39 is 0 Å². The highest BCUT2D eigenvalue weighted by atomic mass is 15.2. The fourth-order valence-electron chi connectivity index (χ4n) is 3.74. The summed E-state index contributed by atoms with van der Waals surface area (Å²) in [6, 6.07) is 0.738. The predicted octanol–water partition coefficient (Wildman–Crippen LogP) is 4.96. The molecular formula is C19H40N2. The second kappa shape index (κ2) is 8.53. The minimum absolute atomic E-state index is 0.193. The van der Waals surface area contributed by atoms with Crippen LogP contribution in [-0.4, -0.2) is 30.1 Å². The van der Waals surface area contributed by atoms with Gasteiger partial charge in [-0.25, -0.2) is 0 Å². The third-order valence-corrected chi connectivity index (χ3v) is 5.97. The number of rotatable bonds is 9. The van der Waals surface area contributed by atoms with Crippen LogP contribution in [0.3, 0.4) is 0 Å². The molecular weight excluding hydrogens is 256 g/mol. The van der Waals surface area contributed by atoms with Crippen molar-refractivity contribution in [1.29, 1.82) is 0 Å². The van der Waals surface area contributed by atoms with Gasteiger partial charge in [-0.1, -0.05) is 52.9 Å². The highest BCUT2D eigenvalue weighted by molar-refractivity contribution is 4.92. The summed E-state index contributed by atoms with van der Waals surface area (Å²) in [6.07, 6.45) is 13.5. The Morgan fingerprint density at radius 1 is 1.10 bits per heavy atom. The standard InChI is InChI=1S/C19H40N2/c1-6-7-8-9-10-13-19(4,16-20)21(5)17-11-14-18(2,3)15-12-17/h17H,6-16,20H2,1-5H3. The first kappa shape index (κ1) is 19.0. The smallest absolute Gasteiger partial charge is 0.0303 e. The zero-order chi connectivity index (χ0) is 15.9. The molecule has 1 unspecified atom stereocenters. The Hall–Kier alpha value is -0.0800. The monoisotopic (exact) mass is 296 g/mol. The van der Waals surface area contributed by atoms with Gasteiger partial charge in [0.05, 0.1) is 0 Å². The summed E-state index contributed by atoms with van der Waals surface area (Å²) in [6.45, 7) is 10.3. The molecule has 0 aromatic heterocycles. The van der Waals surface area contributed by atoms with Gasteiger partial charge in [0.15, 0.2) is 0 Å². The molecule has 2 nitrogen and oxygen atoms in total. The Morgan fingerprint density at radius 2 is 1.67 bits per heavy atom. The van der Waals surface area contributed by atoms with Crippen LogP contribution in [0.15, 0.2) is 0 Å². The third kappa shape index (κ3) is 5.90. The zero-order valence-corrected chi connectivity index (χ0v) is 15.4. The fraction of sp³-hybridized carbons (Fsp3) is 1.00. The number of unbranched alkanes of at least 4 members (excludes halogenated alkanes) is 4. The van der Waals surface area contributed by atoms with Gasteiger partial charge < -0.3 is 5.73 Å². The maximum Gasteiger partial charge on any atom is 0.0303 e. The summed E-state index contributed by atoms with van der Waals surface area (Å²) in [5.74, 6) is 0. The van der Waals surface area contributed by atoms with Crippen molar-refractivity contribution < 1.29 is 0 Å². The van der Waals surface area contributed by atoms with Gasteiger partial charge in [-0.15, -0.1) is 0 Å². The minimum atomic E-state index is 0.193. The SMILES string of the molecule is CCCCCCCC(C)(CN)N(C)C1CCC(C)(C)CC1. The van der Waals surface area contributed by atoms with Gasteiger partial charge in [0, 0.05) is 18.1 Å². The van der Waals surface area contributed by atoms with Crippen LogP contribution in [0.5, 0.6) is 0 Å². The maximum atomic E-state index is 6.17. The van der Waals surface area contributed by atoms with Crippen molar-refractivity contribution in [2.24, 2.45) is 11.1 Å². The molecule has 0 radical (unpaired) electrons. The van der Waals surface area contributed by atoms with Crippen molar-refractivity contribution >= 4 is 0 Å². The molecule has 0 saturated heterocycles. The van der Waals surface area contributed by atoms with Gasteiger partial charge in [0.1, 0.15) is 0 Å². The van der Waals surface area contributed by atoms with Crippen LogP contribution in [0.1, 0.15) is 91.9 Å². The molecule has 0 spiro atoms. The first-order valence-electron chi connectivity index (χ1n) is 9.28. The Labute approximate surface area is 133 Å². The van der Waals surface area contributed by atoms with Crippen LogP contribution >= 0.6 is 0 Å². The molecule has 0 aromatic rings. The molecule has 0 aromatic carbocycles. The van der Waals surface area contributed by atoms with Crippen LogP contribution in [0.25, 0.3) is 0 Å². The fourth-order valence-corrected chi connectivity index (χ4v) is 3.74. The average Bonchev–Trinajstić information content (AvgIpc) is 2.46. The summed E-state index contributed by atoms with van der Waals surface area (Å²) in [5.41, 5.74) is 6.91. The molecule has 1 aliphatic carbocycles. The quantitative estimate of drug-likeness (QED) is 0.609. The second-order valence-electron chi connectivity index (χ2n) is 8.37. The van der Waals surface area contributed by atoms with Gasteiger partial charge >= 0.3 is 0 Å². The largest absolute Gasteiger partial charge is 0.329 e. The van der Waals surface area contributed by atoms with E-state index in [1.165, 1.54) is 64.2 Å². The highest BCUT2D eigenvalue weighted by Crippen LogP contribution is 2.38. The zero-order valence-electron chi connectivity index (χ0n) is 15.4. The molecule has 1 fully saturated rings. The van der Waals surface area contributed by atoms with E-state index in [-0.39, 0.29) is 5.54 Å². The lowest BCUT2D eigenvalue weighted by Gasteiger charge is -2.47. The molecule has 1 atom stereocenters. The summed E-state index contributed by atoms with van der Waals surface area (Å²) in [7, 11) is 2.32. The van der Waals surface area contributed by atoms with Gasteiger partial charge in [-0.05, 0) is 51.5 Å². The van der Waals surface area contributed by atoms with E-state index in [4.69, 9.17) is 5.73 Å². The van der Waals surface area contributed by atoms with E-state index in [9.17, 15) is 0 Å². The van der Waals surface area contributed by atoms with E-state index in [1.807, 2.05) is 0 Å². The number of hydrogen-bond donors (Lipinski definition) is 1. The topological polar surface area (TPSA) is 29.3 Å². The molecule has 21 heavy (non-hydrogen) atoms. The average molecular weight is 297 g/mol.